The average Bonchev–Trinajstić information content (AvgIpc) is 3.45. The maximum Gasteiger partial charge on any atom is 0.306 e. The van der Waals surface area contributed by atoms with Crippen LogP contribution < -0.4 is 0 Å². The molecule has 0 radical (unpaired) electrons. The van der Waals surface area contributed by atoms with Crippen molar-refractivity contribution in [2.45, 2.75) is 271 Å². The average molecular weight is 1090 g/mol. The Balaban J connectivity index is 4.20. The first-order chi connectivity index (χ1) is 39.0. The summed E-state index contributed by atoms with van der Waals surface area (Å²) in [6.07, 6.45) is 95.6. The molecule has 0 fully saturated rings. The zero-order valence-electron chi connectivity index (χ0n) is 50.8. The van der Waals surface area contributed by atoms with Crippen LogP contribution in [0.3, 0.4) is 0 Å². The van der Waals surface area contributed by atoms with Crippen molar-refractivity contribution in [3.05, 3.63) is 158 Å². The third-order valence-corrected chi connectivity index (χ3v) is 13.0. The quantitative estimate of drug-likeness (QED) is 0.0261. The second kappa shape index (κ2) is 65.5. The Morgan fingerprint density at radius 2 is 0.456 bits per heavy atom. The first kappa shape index (κ1) is 74.0. The van der Waals surface area contributed by atoms with Crippen LogP contribution in [0.5, 0.6) is 0 Å². The van der Waals surface area contributed by atoms with E-state index in [4.69, 9.17) is 14.2 Å². The van der Waals surface area contributed by atoms with Crippen LogP contribution in [0.15, 0.2) is 158 Å². The van der Waals surface area contributed by atoms with Crippen LogP contribution >= 0.6 is 0 Å². The van der Waals surface area contributed by atoms with E-state index in [1.54, 1.807) is 0 Å². The summed E-state index contributed by atoms with van der Waals surface area (Å²) in [4.78, 5) is 38.2. The maximum atomic E-state index is 12.8. The fourth-order valence-corrected chi connectivity index (χ4v) is 8.33. The van der Waals surface area contributed by atoms with Gasteiger partial charge in [-0.3, -0.25) is 14.4 Å². The molecule has 79 heavy (non-hydrogen) atoms. The molecule has 0 aromatic heterocycles. The van der Waals surface area contributed by atoms with Crippen LogP contribution in [0, 0.1) is 0 Å². The van der Waals surface area contributed by atoms with Gasteiger partial charge in [-0.05, 0) is 141 Å². The highest BCUT2D eigenvalue weighted by Gasteiger charge is 2.19. The summed E-state index contributed by atoms with van der Waals surface area (Å²) >= 11 is 0. The van der Waals surface area contributed by atoms with Crippen molar-refractivity contribution in [2.24, 2.45) is 0 Å². The molecule has 1 atom stereocenters. The molecule has 0 aromatic rings. The van der Waals surface area contributed by atoms with Crippen molar-refractivity contribution >= 4 is 17.9 Å². The molecular formula is C73H116O6. The van der Waals surface area contributed by atoms with Gasteiger partial charge in [0.05, 0.1) is 0 Å². The van der Waals surface area contributed by atoms with Gasteiger partial charge in [0.15, 0.2) is 6.10 Å². The number of carbonyl (C=O) groups is 3. The Kier molecular flexibility index (Phi) is 61.4. The molecule has 0 heterocycles. The van der Waals surface area contributed by atoms with Crippen molar-refractivity contribution in [3.8, 4) is 0 Å². The largest absolute Gasteiger partial charge is 0.462 e. The molecule has 0 aliphatic carbocycles. The summed E-state index contributed by atoms with van der Waals surface area (Å²) in [5.74, 6) is -0.970. The van der Waals surface area contributed by atoms with E-state index in [-0.39, 0.29) is 37.5 Å². The molecule has 0 aliphatic heterocycles. The third-order valence-electron chi connectivity index (χ3n) is 13.0. The van der Waals surface area contributed by atoms with Gasteiger partial charge in [0, 0.05) is 19.3 Å². The minimum absolute atomic E-state index is 0.105. The van der Waals surface area contributed by atoms with Crippen molar-refractivity contribution in [1.29, 1.82) is 0 Å². The van der Waals surface area contributed by atoms with E-state index in [1.807, 2.05) is 0 Å². The Morgan fingerprint density at radius 3 is 0.722 bits per heavy atom. The smallest absolute Gasteiger partial charge is 0.306 e. The molecule has 0 saturated heterocycles. The van der Waals surface area contributed by atoms with E-state index < -0.39 is 6.10 Å². The fraction of sp³-hybridized carbons (Fsp3) is 0.603. The number of hydrogen-bond acceptors (Lipinski definition) is 6. The SMILES string of the molecule is CC/C=C\C/C=C\C/C=C\C/C=C\C/C=C\C/C=C\C/C=C\CCCCCCCCCCCCCCCC(=O)OCC(COC(=O)CCCCC/C=C\C/C=C\C/C=C\CC)OC(=O)CCCCC/C=C\C/C=C\C/C=C\CC. The number of hydrogen-bond donors (Lipinski definition) is 0. The Hall–Kier alpha value is -4.97. The lowest BCUT2D eigenvalue weighted by Gasteiger charge is -2.18. The standard InChI is InChI=1S/C73H116O6/c1-4-7-10-13-16-19-22-25-26-27-28-29-30-31-32-33-34-35-36-37-38-39-40-41-42-43-44-45-46-49-51-54-57-60-63-66-72(75)78-69-70(79-73(76)67-64-61-58-55-52-48-24-21-18-15-12-9-6-3)68-77-71(74)65-62-59-56-53-50-47-23-20-17-14-11-8-5-2/h7-12,16-21,25-26,28-29,31-32,34-35,37-38,47-48,50,52,70H,4-6,13-15,22-24,27,30,33,36,39-46,49,51,53-69H2,1-3H3/b10-7-,11-8-,12-9-,19-16-,20-17-,21-18-,26-25-,29-28-,32-31-,35-34-,38-37-,50-47-,52-48-. The fourth-order valence-electron chi connectivity index (χ4n) is 8.33. The first-order valence-electron chi connectivity index (χ1n) is 32.0. The van der Waals surface area contributed by atoms with Gasteiger partial charge in [0.1, 0.15) is 13.2 Å². The van der Waals surface area contributed by atoms with E-state index in [9.17, 15) is 14.4 Å². The van der Waals surface area contributed by atoms with E-state index in [0.29, 0.717) is 12.8 Å². The number of carbonyl (C=O) groups excluding carboxylic acids is 3. The molecule has 0 saturated carbocycles. The highest BCUT2D eigenvalue weighted by molar-refractivity contribution is 5.71. The summed E-state index contributed by atoms with van der Waals surface area (Å²) in [6.45, 7) is 6.24. The Labute approximate surface area is 486 Å². The van der Waals surface area contributed by atoms with E-state index in [1.165, 1.54) is 70.6 Å². The van der Waals surface area contributed by atoms with E-state index in [2.05, 4.69) is 179 Å². The lowest BCUT2D eigenvalue weighted by atomic mass is 10.0. The summed E-state index contributed by atoms with van der Waals surface area (Å²) < 4.78 is 16.8. The molecule has 0 spiro atoms. The summed E-state index contributed by atoms with van der Waals surface area (Å²) in [6, 6.07) is 0. The molecule has 0 N–H and O–H groups in total. The van der Waals surface area contributed by atoms with Gasteiger partial charge in [-0.2, -0.15) is 0 Å². The first-order valence-corrected chi connectivity index (χ1v) is 32.0. The van der Waals surface area contributed by atoms with Crippen LogP contribution in [0.1, 0.15) is 265 Å². The molecule has 0 bridgehead atoms. The minimum Gasteiger partial charge on any atom is -0.462 e. The lowest BCUT2D eigenvalue weighted by molar-refractivity contribution is -0.167. The van der Waals surface area contributed by atoms with Crippen LogP contribution in [0.25, 0.3) is 0 Å². The number of esters is 3. The molecule has 1 unspecified atom stereocenters. The van der Waals surface area contributed by atoms with Crippen molar-refractivity contribution in [1.82, 2.24) is 0 Å². The van der Waals surface area contributed by atoms with Gasteiger partial charge in [0.2, 0.25) is 0 Å². The second-order valence-electron chi connectivity index (χ2n) is 20.5. The summed E-state index contributed by atoms with van der Waals surface area (Å²) in [5.41, 5.74) is 0. The third kappa shape index (κ3) is 63.7. The van der Waals surface area contributed by atoms with Gasteiger partial charge in [0.25, 0.3) is 0 Å². The molecule has 0 aromatic carbocycles. The lowest BCUT2D eigenvalue weighted by Crippen LogP contribution is -2.30. The maximum absolute atomic E-state index is 12.8. The molecule has 444 valence electrons. The van der Waals surface area contributed by atoms with Gasteiger partial charge in [-0.1, -0.05) is 262 Å². The predicted molar refractivity (Wildman–Crippen MR) is 343 cm³/mol. The predicted octanol–water partition coefficient (Wildman–Crippen LogP) is 22.1. The number of unbranched alkanes of at least 4 members (excludes halogenated alkanes) is 19. The molecule has 0 amide bonds. The zero-order valence-corrected chi connectivity index (χ0v) is 50.8. The summed E-state index contributed by atoms with van der Waals surface area (Å²) in [5, 5.41) is 0. The summed E-state index contributed by atoms with van der Waals surface area (Å²) in [7, 11) is 0. The van der Waals surface area contributed by atoms with E-state index >= 15 is 0 Å². The monoisotopic (exact) mass is 1090 g/mol. The zero-order chi connectivity index (χ0) is 57.1. The highest BCUT2D eigenvalue weighted by Crippen LogP contribution is 2.15. The van der Waals surface area contributed by atoms with Crippen LogP contribution in [0.4, 0.5) is 0 Å². The van der Waals surface area contributed by atoms with Crippen molar-refractivity contribution < 1.29 is 28.6 Å². The molecule has 0 aliphatic rings. The molecular weight excluding hydrogens is 973 g/mol. The van der Waals surface area contributed by atoms with Gasteiger partial charge >= 0.3 is 17.9 Å². The molecule has 6 heteroatoms. The van der Waals surface area contributed by atoms with Crippen LogP contribution in [-0.4, -0.2) is 37.2 Å². The number of ether oxygens (including phenoxy) is 3. The molecule has 6 nitrogen and oxygen atoms in total. The van der Waals surface area contributed by atoms with E-state index in [0.717, 1.165) is 154 Å². The van der Waals surface area contributed by atoms with Crippen LogP contribution in [0.2, 0.25) is 0 Å². The van der Waals surface area contributed by atoms with Gasteiger partial charge in [-0.15, -0.1) is 0 Å². The second-order valence-corrected chi connectivity index (χ2v) is 20.5. The van der Waals surface area contributed by atoms with Crippen molar-refractivity contribution in [3.63, 3.8) is 0 Å². The minimum atomic E-state index is -0.811. The van der Waals surface area contributed by atoms with Gasteiger partial charge < -0.3 is 14.2 Å². The Morgan fingerprint density at radius 1 is 0.253 bits per heavy atom. The Bertz CT molecular complexity index is 1780. The normalized spacial score (nSPS) is 13.2. The number of allylic oxidation sites excluding steroid dienone is 26. The molecule has 0 rings (SSSR count). The highest BCUT2D eigenvalue weighted by atomic mass is 16.6. The van der Waals surface area contributed by atoms with Crippen molar-refractivity contribution in [2.75, 3.05) is 13.2 Å². The van der Waals surface area contributed by atoms with Crippen LogP contribution in [-0.2, 0) is 28.6 Å². The number of rotatable bonds is 56. The topological polar surface area (TPSA) is 78.9 Å². The van der Waals surface area contributed by atoms with Gasteiger partial charge in [-0.25, -0.2) is 0 Å².